The van der Waals surface area contributed by atoms with E-state index in [9.17, 15) is 28.6 Å². The summed E-state index contributed by atoms with van der Waals surface area (Å²) in [6.45, 7) is 0.818. The molecule has 1 N–H and O–H groups in total. The minimum Gasteiger partial charge on any atom is -0.379 e. The maximum atomic E-state index is 12.7. The van der Waals surface area contributed by atoms with Crippen LogP contribution in [0.3, 0.4) is 0 Å². The second-order valence-corrected chi connectivity index (χ2v) is 8.64. The van der Waals surface area contributed by atoms with Gasteiger partial charge in [-0.2, -0.15) is 9.41 Å². The van der Waals surface area contributed by atoms with Crippen LogP contribution in [0.1, 0.15) is 5.56 Å². The van der Waals surface area contributed by atoms with E-state index in [4.69, 9.17) is 16.3 Å². The molecule has 0 saturated carbocycles. The first-order valence-corrected chi connectivity index (χ1v) is 10.6. The van der Waals surface area contributed by atoms with Crippen LogP contribution in [-0.4, -0.2) is 55.1 Å². The summed E-state index contributed by atoms with van der Waals surface area (Å²) < 4.78 is 31.8. The molecule has 0 aromatic heterocycles. The maximum Gasteiger partial charge on any atom is 0.295 e. The van der Waals surface area contributed by atoms with Crippen LogP contribution < -0.4 is 5.43 Å². The molecule has 0 amide bonds. The molecule has 2 aromatic rings. The van der Waals surface area contributed by atoms with E-state index in [0.717, 1.165) is 6.07 Å². The van der Waals surface area contributed by atoms with Gasteiger partial charge in [-0.25, -0.2) is 8.42 Å². The number of hydrogen-bond acceptors (Lipinski definition) is 9. The van der Waals surface area contributed by atoms with Crippen molar-refractivity contribution >= 4 is 44.9 Å². The Morgan fingerprint density at radius 3 is 2.39 bits per heavy atom. The van der Waals surface area contributed by atoms with Crippen molar-refractivity contribution < 1.29 is 23.0 Å². The van der Waals surface area contributed by atoms with Gasteiger partial charge >= 0.3 is 0 Å². The Kier molecular flexibility index (Phi) is 6.80. The molecule has 12 nitrogen and oxygen atoms in total. The first kappa shape index (κ1) is 22.6. The third kappa shape index (κ3) is 5.14. The lowest BCUT2D eigenvalue weighted by Gasteiger charge is -2.26. The zero-order valence-electron chi connectivity index (χ0n) is 15.8. The minimum absolute atomic E-state index is 0.0391. The standard InChI is InChI=1S/C17H16ClN5O7S/c18-14-3-1-12(9-16(14)22(24)25)11-19-20-15-4-2-13(10-17(15)23(26)27)31(28,29)21-5-7-30-8-6-21/h1-4,9-11,20H,5-8H2. The first-order chi connectivity index (χ1) is 14.7. The Morgan fingerprint density at radius 1 is 1.06 bits per heavy atom. The zero-order chi connectivity index (χ0) is 22.6. The summed E-state index contributed by atoms with van der Waals surface area (Å²) in [7, 11) is -3.91. The highest BCUT2D eigenvalue weighted by molar-refractivity contribution is 7.89. The Balaban J connectivity index is 1.84. The molecular formula is C17H16ClN5O7S. The molecule has 1 saturated heterocycles. The van der Waals surface area contributed by atoms with Crippen LogP contribution in [0.25, 0.3) is 0 Å². The third-order valence-corrected chi connectivity index (χ3v) is 6.55. The highest BCUT2D eigenvalue weighted by atomic mass is 35.5. The molecule has 1 aliphatic rings. The summed E-state index contributed by atoms with van der Waals surface area (Å²) in [5, 5.41) is 26.2. The van der Waals surface area contributed by atoms with E-state index in [-0.39, 0.29) is 47.6 Å². The number of hydrogen-bond donors (Lipinski definition) is 1. The Labute approximate surface area is 181 Å². The SMILES string of the molecule is O=[N+]([O-])c1cc(C=NNc2ccc(S(=O)(=O)N3CCOCC3)cc2[N+](=O)[O-])ccc1Cl. The summed E-state index contributed by atoms with van der Waals surface area (Å²) in [6, 6.07) is 7.42. The van der Waals surface area contributed by atoms with Gasteiger partial charge in [0.05, 0.1) is 34.2 Å². The van der Waals surface area contributed by atoms with Crippen LogP contribution in [0.2, 0.25) is 5.02 Å². The van der Waals surface area contributed by atoms with Crippen molar-refractivity contribution in [3.05, 3.63) is 67.2 Å². The number of rotatable bonds is 7. The fraction of sp³-hybridized carbons (Fsp3) is 0.235. The van der Waals surface area contributed by atoms with E-state index in [1.54, 1.807) is 0 Å². The highest BCUT2D eigenvalue weighted by Gasteiger charge is 2.28. The predicted octanol–water partition coefficient (Wildman–Crippen LogP) is 2.62. The smallest absolute Gasteiger partial charge is 0.295 e. The number of hydrazone groups is 1. The summed E-state index contributed by atoms with van der Waals surface area (Å²) >= 11 is 5.75. The largest absolute Gasteiger partial charge is 0.379 e. The van der Waals surface area contributed by atoms with Crippen molar-refractivity contribution in [3.63, 3.8) is 0 Å². The molecule has 1 aliphatic heterocycles. The molecular weight excluding hydrogens is 454 g/mol. The van der Waals surface area contributed by atoms with Crippen LogP contribution >= 0.6 is 11.6 Å². The molecule has 0 aliphatic carbocycles. The van der Waals surface area contributed by atoms with E-state index >= 15 is 0 Å². The predicted molar refractivity (Wildman–Crippen MR) is 112 cm³/mol. The van der Waals surface area contributed by atoms with Gasteiger partial charge in [-0.3, -0.25) is 25.7 Å². The number of morpholine rings is 1. The molecule has 164 valence electrons. The quantitative estimate of drug-likeness (QED) is 0.368. The molecule has 0 atom stereocenters. The maximum absolute atomic E-state index is 12.7. The van der Waals surface area contributed by atoms with Crippen molar-refractivity contribution in [2.75, 3.05) is 31.7 Å². The van der Waals surface area contributed by atoms with E-state index < -0.39 is 25.6 Å². The molecule has 0 spiro atoms. The Hall–Kier alpha value is -3.13. The fourth-order valence-electron chi connectivity index (χ4n) is 2.78. The van der Waals surface area contributed by atoms with Gasteiger partial charge in [0.2, 0.25) is 10.0 Å². The van der Waals surface area contributed by atoms with Crippen LogP contribution in [-0.2, 0) is 14.8 Å². The number of nitrogens with one attached hydrogen (secondary N) is 1. The van der Waals surface area contributed by atoms with Gasteiger partial charge in [-0.15, -0.1) is 0 Å². The van der Waals surface area contributed by atoms with Crippen molar-refractivity contribution in [2.45, 2.75) is 4.90 Å². The summed E-state index contributed by atoms with van der Waals surface area (Å²) in [5.74, 6) is 0. The zero-order valence-corrected chi connectivity index (χ0v) is 17.4. The summed E-state index contributed by atoms with van der Waals surface area (Å²) in [4.78, 5) is 20.8. The number of anilines is 1. The number of halogens is 1. The topological polar surface area (TPSA) is 157 Å². The molecule has 1 heterocycles. The molecule has 0 bridgehead atoms. The van der Waals surface area contributed by atoms with E-state index in [2.05, 4.69) is 10.5 Å². The molecule has 0 radical (unpaired) electrons. The monoisotopic (exact) mass is 469 g/mol. The average molecular weight is 470 g/mol. The van der Waals surface area contributed by atoms with Crippen LogP contribution in [0.4, 0.5) is 17.1 Å². The second-order valence-electron chi connectivity index (χ2n) is 6.29. The molecule has 1 fully saturated rings. The number of nitro groups is 2. The average Bonchev–Trinajstić information content (AvgIpc) is 2.75. The van der Waals surface area contributed by atoms with Crippen molar-refractivity contribution in [1.29, 1.82) is 0 Å². The van der Waals surface area contributed by atoms with E-state index in [1.807, 2.05) is 0 Å². The second kappa shape index (κ2) is 9.34. The van der Waals surface area contributed by atoms with Crippen molar-refractivity contribution in [2.24, 2.45) is 5.10 Å². The summed E-state index contributed by atoms with van der Waals surface area (Å²) in [5.41, 5.74) is 1.94. The van der Waals surface area contributed by atoms with Crippen molar-refractivity contribution in [3.8, 4) is 0 Å². The lowest BCUT2D eigenvalue weighted by molar-refractivity contribution is -0.384. The molecule has 0 unspecified atom stereocenters. The molecule has 2 aromatic carbocycles. The molecule has 3 rings (SSSR count). The summed E-state index contributed by atoms with van der Waals surface area (Å²) in [6.07, 6.45) is 1.21. The van der Waals surface area contributed by atoms with Crippen LogP contribution in [0.5, 0.6) is 0 Å². The van der Waals surface area contributed by atoms with Gasteiger partial charge in [-0.1, -0.05) is 17.7 Å². The van der Waals surface area contributed by atoms with Gasteiger partial charge < -0.3 is 4.74 Å². The Morgan fingerprint density at radius 2 is 1.74 bits per heavy atom. The number of sulfonamides is 1. The van der Waals surface area contributed by atoms with Crippen LogP contribution in [0, 0.1) is 20.2 Å². The third-order valence-electron chi connectivity index (χ3n) is 4.34. The number of ether oxygens (including phenoxy) is 1. The van der Waals surface area contributed by atoms with Gasteiger partial charge in [-0.05, 0) is 18.2 Å². The lowest BCUT2D eigenvalue weighted by atomic mass is 10.2. The Bertz CT molecular complexity index is 1150. The number of benzene rings is 2. The van der Waals surface area contributed by atoms with Crippen molar-refractivity contribution in [1.82, 2.24) is 4.31 Å². The van der Waals surface area contributed by atoms with E-state index in [1.165, 1.54) is 40.9 Å². The van der Waals surface area contributed by atoms with Gasteiger partial charge in [0.1, 0.15) is 10.7 Å². The van der Waals surface area contributed by atoms with E-state index in [0.29, 0.717) is 5.56 Å². The van der Waals surface area contributed by atoms with Gasteiger partial charge in [0.25, 0.3) is 11.4 Å². The normalized spacial score (nSPS) is 15.1. The first-order valence-electron chi connectivity index (χ1n) is 8.79. The molecule has 14 heteroatoms. The highest BCUT2D eigenvalue weighted by Crippen LogP contribution is 2.29. The van der Waals surface area contributed by atoms with Crippen LogP contribution in [0.15, 0.2) is 46.4 Å². The molecule has 31 heavy (non-hydrogen) atoms. The van der Waals surface area contributed by atoms with Gasteiger partial charge in [0, 0.05) is 30.8 Å². The van der Waals surface area contributed by atoms with Gasteiger partial charge in [0.15, 0.2) is 0 Å². The number of nitrogens with zero attached hydrogens (tertiary/aromatic N) is 4. The lowest BCUT2D eigenvalue weighted by Crippen LogP contribution is -2.40. The number of nitro benzene ring substituents is 2. The fourth-order valence-corrected chi connectivity index (χ4v) is 4.39. The minimum atomic E-state index is -3.91.